The van der Waals surface area contributed by atoms with Gasteiger partial charge in [0.05, 0.1) is 4.90 Å². The Morgan fingerprint density at radius 3 is 1.83 bits per heavy atom. The molecule has 0 aliphatic carbocycles. The molecule has 0 fully saturated rings. The zero-order valence-electron chi connectivity index (χ0n) is 21.0. The molecule has 2 rings (SSSR count). The van der Waals surface area contributed by atoms with Crippen LogP contribution in [0.4, 0.5) is 4.79 Å². The van der Waals surface area contributed by atoms with Gasteiger partial charge in [0.2, 0.25) is 5.78 Å². The maximum atomic E-state index is 13.4. The molecule has 36 heavy (non-hydrogen) atoms. The summed E-state index contributed by atoms with van der Waals surface area (Å²) in [6.07, 6.45) is -1.91. The highest BCUT2D eigenvalue weighted by Gasteiger charge is 2.42. The first-order valence-corrected chi connectivity index (χ1v) is 12.9. The Kier molecular flexibility index (Phi) is 9.15. The van der Waals surface area contributed by atoms with Crippen molar-refractivity contribution in [3.8, 4) is 0 Å². The molecule has 0 spiro atoms. The molecule has 2 amide bonds. The smallest absolute Gasteiger partial charge is 0.311 e. The number of sulfonamides is 1. The standard InChI is InChI=1S/C26H32N2O7S/c1-18(2)17-27(36(34,35)20-14-10-7-11-15-20)24(31)23(30)22(29)21(16-19-12-8-6-9-13-19)28(25(32)33)26(3,4)5/h6-15,18,21H,16-17H2,1-5H3,(H,32,33)/p-1. The quantitative estimate of drug-likeness (QED) is 0.349. The third-order valence-corrected chi connectivity index (χ3v) is 7.08. The molecule has 0 N–H and O–H groups in total. The lowest BCUT2D eigenvalue weighted by Crippen LogP contribution is -2.61. The zero-order chi connectivity index (χ0) is 27.3. The zero-order valence-corrected chi connectivity index (χ0v) is 21.8. The number of carboxylic acid groups (broad SMARTS) is 1. The monoisotopic (exact) mass is 515 g/mol. The van der Waals surface area contributed by atoms with Gasteiger partial charge in [0.15, 0.2) is 0 Å². The van der Waals surface area contributed by atoms with E-state index in [0.29, 0.717) is 14.8 Å². The van der Waals surface area contributed by atoms with Crippen molar-refractivity contribution in [3.05, 3.63) is 66.2 Å². The van der Waals surface area contributed by atoms with Crippen molar-refractivity contribution in [2.75, 3.05) is 6.54 Å². The Hall–Kier alpha value is -3.53. The van der Waals surface area contributed by atoms with E-state index >= 15 is 0 Å². The summed E-state index contributed by atoms with van der Waals surface area (Å²) in [5.74, 6) is -4.85. The summed E-state index contributed by atoms with van der Waals surface area (Å²) in [4.78, 5) is 52.4. The largest absolute Gasteiger partial charge is 0.530 e. The molecule has 0 aliphatic heterocycles. The lowest BCUT2D eigenvalue weighted by molar-refractivity contribution is -0.272. The van der Waals surface area contributed by atoms with Crippen LogP contribution in [0.5, 0.6) is 0 Å². The predicted octanol–water partition coefficient (Wildman–Crippen LogP) is 2.05. The van der Waals surface area contributed by atoms with Crippen molar-refractivity contribution in [3.63, 3.8) is 0 Å². The van der Waals surface area contributed by atoms with E-state index in [0.717, 1.165) is 0 Å². The Morgan fingerprint density at radius 1 is 0.889 bits per heavy atom. The van der Waals surface area contributed by atoms with Crippen molar-refractivity contribution >= 4 is 33.6 Å². The van der Waals surface area contributed by atoms with Gasteiger partial charge in [-0.15, -0.1) is 0 Å². The van der Waals surface area contributed by atoms with Crippen molar-refractivity contribution in [2.24, 2.45) is 5.92 Å². The van der Waals surface area contributed by atoms with E-state index < -0.39 is 45.2 Å². The Morgan fingerprint density at radius 2 is 1.39 bits per heavy atom. The highest BCUT2D eigenvalue weighted by atomic mass is 32.2. The van der Waals surface area contributed by atoms with Crippen LogP contribution in [0.3, 0.4) is 0 Å². The number of hydrogen-bond donors (Lipinski definition) is 0. The average molecular weight is 516 g/mol. The second kappa shape index (κ2) is 11.5. The number of benzene rings is 2. The first-order chi connectivity index (χ1) is 16.7. The molecule has 0 bridgehead atoms. The van der Waals surface area contributed by atoms with Gasteiger partial charge in [0, 0.05) is 18.5 Å². The van der Waals surface area contributed by atoms with Gasteiger partial charge in [-0.1, -0.05) is 62.4 Å². The average Bonchev–Trinajstić information content (AvgIpc) is 2.80. The minimum atomic E-state index is -4.46. The second-order valence-corrected chi connectivity index (χ2v) is 11.6. The number of amides is 2. The van der Waals surface area contributed by atoms with Gasteiger partial charge < -0.3 is 14.8 Å². The van der Waals surface area contributed by atoms with Gasteiger partial charge in [-0.05, 0) is 44.4 Å². The van der Waals surface area contributed by atoms with E-state index in [1.54, 1.807) is 50.2 Å². The van der Waals surface area contributed by atoms with Crippen LogP contribution in [0.15, 0.2) is 65.6 Å². The summed E-state index contributed by atoms with van der Waals surface area (Å²) in [6, 6.07) is 13.9. The molecule has 2 aromatic carbocycles. The molecule has 9 nitrogen and oxygen atoms in total. The fourth-order valence-corrected chi connectivity index (χ4v) is 5.27. The molecular weight excluding hydrogens is 484 g/mol. The molecular formula is C26H31N2O7S-. The summed E-state index contributed by atoms with van der Waals surface area (Å²) in [5, 5.41) is 12.1. The third-order valence-electron chi connectivity index (χ3n) is 5.31. The highest BCUT2D eigenvalue weighted by molar-refractivity contribution is 7.89. The fraction of sp³-hybridized carbons (Fsp3) is 0.385. The van der Waals surface area contributed by atoms with Crippen LogP contribution in [0.25, 0.3) is 0 Å². The topological polar surface area (TPSA) is 132 Å². The Bertz CT molecular complexity index is 1200. The fourth-order valence-electron chi connectivity index (χ4n) is 3.72. The van der Waals surface area contributed by atoms with E-state index in [1.165, 1.54) is 45.0 Å². The molecule has 0 heterocycles. The van der Waals surface area contributed by atoms with Crippen molar-refractivity contribution in [1.29, 1.82) is 0 Å². The summed E-state index contributed by atoms with van der Waals surface area (Å²) in [6.45, 7) is 7.52. The van der Waals surface area contributed by atoms with E-state index in [4.69, 9.17) is 0 Å². The maximum Gasteiger partial charge on any atom is 0.311 e. The van der Waals surface area contributed by atoms with E-state index in [1.807, 2.05) is 0 Å². The lowest BCUT2D eigenvalue weighted by atomic mass is 9.94. The van der Waals surface area contributed by atoms with Crippen molar-refractivity contribution < 1.29 is 32.7 Å². The van der Waals surface area contributed by atoms with Crippen LogP contribution in [-0.2, 0) is 30.8 Å². The molecule has 1 unspecified atom stereocenters. The first kappa shape index (κ1) is 28.7. The third kappa shape index (κ3) is 6.78. The predicted molar refractivity (Wildman–Crippen MR) is 131 cm³/mol. The SMILES string of the molecule is CC(C)CN(C(=O)C(=O)C(=O)C(Cc1ccccc1)N(C(=O)[O-])C(C)(C)C)S(=O)(=O)c1ccccc1. The summed E-state index contributed by atoms with van der Waals surface area (Å²) >= 11 is 0. The van der Waals surface area contributed by atoms with Crippen LogP contribution in [0, 0.1) is 5.92 Å². The van der Waals surface area contributed by atoms with E-state index in [-0.39, 0.29) is 23.8 Å². The van der Waals surface area contributed by atoms with Crippen molar-refractivity contribution in [1.82, 2.24) is 9.21 Å². The van der Waals surface area contributed by atoms with Crippen LogP contribution in [0.1, 0.15) is 40.2 Å². The van der Waals surface area contributed by atoms with Crippen LogP contribution in [0.2, 0.25) is 0 Å². The second-order valence-electron chi connectivity index (χ2n) is 9.75. The molecule has 0 saturated carbocycles. The minimum absolute atomic E-state index is 0.209. The Labute approximate surface area is 211 Å². The van der Waals surface area contributed by atoms with Gasteiger partial charge in [0.1, 0.15) is 12.1 Å². The van der Waals surface area contributed by atoms with Gasteiger partial charge in [-0.2, -0.15) is 0 Å². The normalized spacial score (nSPS) is 12.6. The number of Topliss-reactive ketones (excluding diaryl/α,β-unsaturated/α-hetero) is 2. The van der Waals surface area contributed by atoms with E-state index in [9.17, 15) is 32.7 Å². The van der Waals surface area contributed by atoms with Crippen molar-refractivity contribution in [2.45, 2.75) is 57.5 Å². The highest BCUT2D eigenvalue weighted by Crippen LogP contribution is 2.23. The molecule has 1 atom stereocenters. The molecule has 0 aliphatic rings. The lowest BCUT2D eigenvalue weighted by Gasteiger charge is -2.42. The van der Waals surface area contributed by atoms with Gasteiger partial charge in [-0.3, -0.25) is 14.4 Å². The number of carbonyl (C=O) groups is 4. The number of rotatable bonds is 10. The molecule has 194 valence electrons. The number of hydrogen-bond acceptors (Lipinski definition) is 7. The van der Waals surface area contributed by atoms with Crippen LogP contribution < -0.4 is 5.11 Å². The van der Waals surface area contributed by atoms with E-state index in [2.05, 4.69) is 0 Å². The summed E-state index contributed by atoms with van der Waals surface area (Å²) in [5.41, 5.74) is -0.618. The molecule has 0 radical (unpaired) electrons. The number of carbonyl (C=O) groups excluding carboxylic acids is 4. The summed E-state index contributed by atoms with van der Waals surface area (Å²) in [7, 11) is -4.46. The Balaban J connectivity index is 2.53. The molecule has 0 saturated heterocycles. The van der Waals surface area contributed by atoms with Crippen LogP contribution in [-0.4, -0.2) is 59.3 Å². The molecule has 10 heteroatoms. The van der Waals surface area contributed by atoms with Gasteiger partial charge in [0.25, 0.3) is 15.8 Å². The summed E-state index contributed by atoms with van der Waals surface area (Å²) < 4.78 is 26.8. The molecule has 2 aromatic rings. The number of nitrogens with zero attached hydrogens (tertiary/aromatic N) is 2. The molecule has 0 aromatic heterocycles. The van der Waals surface area contributed by atoms with Gasteiger partial charge in [-0.25, -0.2) is 12.7 Å². The minimum Gasteiger partial charge on any atom is -0.530 e. The van der Waals surface area contributed by atoms with Crippen LogP contribution >= 0.6 is 0 Å². The number of ketones is 2. The maximum absolute atomic E-state index is 13.4. The van der Waals surface area contributed by atoms with Gasteiger partial charge >= 0.3 is 5.91 Å². The first-order valence-electron chi connectivity index (χ1n) is 11.4.